The highest BCUT2D eigenvalue weighted by Gasteiger charge is 2.23. The molecule has 3 aromatic rings. The molecule has 0 bridgehead atoms. The highest BCUT2D eigenvalue weighted by Crippen LogP contribution is 2.37. The Kier molecular flexibility index (Phi) is 4.87. The largest absolute Gasteiger partial charge is 0.397 e. The fraction of sp³-hybridized carbons (Fsp3) is 0.167. The second kappa shape index (κ2) is 6.96. The molecule has 0 radical (unpaired) electrons. The molecule has 0 fully saturated rings. The Morgan fingerprint density at radius 1 is 1.19 bits per heavy atom. The van der Waals surface area contributed by atoms with E-state index in [-0.39, 0.29) is 5.69 Å². The Morgan fingerprint density at radius 3 is 2.62 bits per heavy atom. The van der Waals surface area contributed by atoms with Crippen molar-refractivity contribution in [1.82, 2.24) is 10.3 Å². The molecule has 6 N–H and O–H groups in total. The number of nitrogens with two attached hydrogens (primary N) is 1. The van der Waals surface area contributed by atoms with E-state index in [0.717, 1.165) is 22.9 Å². The van der Waals surface area contributed by atoms with Gasteiger partial charge in [0.25, 0.3) is 5.91 Å². The van der Waals surface area contributed by atoms with Gasteiger partial charge in [-0.3, -0.25) is 9.36 Å². The van der Waals surface area contributed by atoms with Gasteiger partial charge in [-0.05, 0) is 23.6 Å². The van der Waals surface area contributed by atoms with E-state index in [1.165, 1.54) is 0 Å². The van der Waals surface area contributed by atoms with Gasteiger partial charge in [0.1, 0.15) is 12.0 Å². The summed E-state index contributed by atoms with van der Waals surface area (Å²) in [5.74, 6) is -0.593. The molecule has 0 aliphatic heterocycles. The number of aryl methyl sites for hydroxylation is 1. The van der Waals surface area contributed by atoms with Crippen LogP contribution in [0.15, 0.2) is 42.5 Å². The van der Waals surface area contributed by atoms with E-state index < -0.39 is 19.8 Å². The standard InChI is InChI=1S/C18H20N3O4P/c1-2-11-6-3-4-7-12(11)15-13-8-5-9-14(19)16(13)21-17(15)18(22)20-10-26(23,24)25/h3-9,21H,2,10,19H2,1H3,(H,20,22)(H2,23,24,25). The van der Waals surface area contributed by atoms with Crippen LogP contribution >= 0.6 is 7.60 Å². The van der Waals surface area contributed by atoms with Crippen LogP contribution in [0.1, 0.15) is 23.0 Å². The molecule has 0 aliphatic rings. The molecule has 0 spiro atoms. The zero-order chi connectivity index (χ0) is 18.9. The summed E-state index contributed by atoms with van der Waals surface area (Å²) in [5, 5.41) is 3.08. The summed E-state index contributed by atoms with van der Waals surface area (Å²) in [4.78, 5) is 33.7. The maximum atomic E-state index is 12.6. The van der Waals surface area contributed by atoms with Crippen molar-refractivity contribution in [3.8, 4) is 11.1 Å². The number of rotatable bonds is 5. The van der Waals surface area contributed by atoms with Crippen LogP contribution in [0.4, 0.5) is 5.69 Å². The number of fused-ring (bicyclic) bond motifs is 1. The lowest BCUT2D eigenvalue weighted by molar-refractivity contribution is 0.0953. The summed E-state index contributed by atoms with van der Waals surface area (Å²) in [5.41, 5.74) is 10.00. The smallest absolute Gasteiger partial charge is 0.344 e. The van der Waals surface area contributed by atoms with Crippen LogP contribution in [0.25, 0.3) is 22.0 Å². The average Bonchev–Trinajstić information content (AvgIpc) is 3.00. The van der Waals surface area contributed by atoms with Gasteiger partial charge in [-0.25, -0.2) is 0 Å². The van der Waals surface area contributed by atoms with E-state index in [1.807, 2.05) is 37.3 Å². The van der Waals surface area contributed by atoms with Crippen molar-refractivity contribution in [3.05, 3.63) is 53.7 Å². The first kappa shape index (κ1) is 18.2. The zero-order valence-electron chi connectivity index (χ0n) is 14.2. The third kappa shape index (κ3) is 3.51. The van der Waals surface area contributed by atoms with Gasteiger partial charge in [0.2, 0.25) is 0 Å². The van der Waals surface area contributed by atoms with Crippen LogP contribution < -0.4 is 11.1 Å². The molecule has 1 aromatic heterocycles. The maximum Gasteiger partial charge on any atom is 0.344 e. The number of hydrogen-bond donors (Lipinski definition) is 5. The van der Waals surface area contributed by atoms with Gasteiger partial charge in [-0.15, -0.1) is 0 Å². The number of carbonyl (C=O) groups excluding carboxylic acids is 1. The van der Waals surface area contributed by atoms with Crippen molar-refractivity contribution < 1.29 is 19.1 Å². The SMILES string of the molecule is CCc1ccccc1-c1c(C(=O)NCP(=O)(O)O)[nH]c2c(N)cccc12. The Bertz CT molecular complexity index is 1020. The third-order valence-corrected chi connectivity index (χ3v) is 4.78. The quantitative estimate of drug-likeness (QED) is 0.347. The molecule has 3 rings (SSSR count). The summed E-state index contributed by atoms with van der Waals surface area (Å²) in [7, 11) is -4.36. The van der Waals surface area contributed by atoms with Crippen LogP contribution in [0.2, 0.25) is 0 Å². The lowest BCUT2D eigenvalue weighted by atomic mass is 9.95. The van der Waals surface area contributed by atoms with Crippen LogP contribution in [0.5, 0.6) is 0 Å². The molecule has 0 saturated carbocycles. The van der Waals surface area contributed by atoms with E-state index in [0.29, 0.717) is 16.8 Å². The molecular formula is C18H20N3O4P. The fourth-order valence-corrected chi connectivity index (χ4v) is 3.38. The number of anilines is 1. The molecule has 26 heavy (non-hydrogen) atoms. The van der Waals surface area contributed by atoms with Gasteiger partial charge >= 0.3 is 7.60 Å². The van der Waals surface area contributed by atoms with Gasteiger partial charge in [-0.1, -0.05) is 43.3 Å². The zero-order valence-corrected chi connectivity index (χ0v) is 15.1. The van der Waals surface area contributed by atoms with Gasteiger partial charge < -0.3 is 25.8 Å². The van der Waals surface area contributed by atoms with Crippen LogP contribution in [0, 0.1) is 0 Å². The normalized spacial score (nSPS) is 11.7. The van der Waals surface area contributed by atoms with Crippen LogP contribution in [0.3, 0.4) is 0 Å². The Balaban J connectivity index is 2.21. The minimum absolute atomic E-state index is 0.229. The number of nitrogens with one attached hydrogen (secondary N) is 2. The van der Waals surface area contributed by atoms with E-state index in [1.54, 1.807) is 12.1 Å². The molecular weight excluding hydrogens is 353 g/mol. The van der Waals surface area contributed by atoms with Gasteiger partial charge in [-0.2, -0.15) is 0 Å². The average molecular weight is 373 g/mol. The van der Waals surface area contributed by atoms with Crippen molar-refractivity contribution in [2.75, 3.05) is 12.0 Å². The number of aromatic nitrogens is 1. The Morgan fingerprint density at radius 2 is 1.92 bits per heavy atom. The summed E-state index contributed by atoms with van der Waals surface area (Å²) in [6.07, 6.45) is 0.0419. The van der Waals surface area contributed by atoms with Gasteiger partial charge in [0.05, 0.1) is 11.2 Å². The van der Waals surface area contributed by atoms with Crippen LogP contribution in [-0.4, -0.2) is 27.0 Å². The number of carbonyl (C=O) groups is 1. The van der Waals surface area contributed by atoms with Gasteiger partial charge in [0, 0.05) is 10.9 Å². The Hall–Kier alpha value is -2.60. The maximum absolute atomic E-state index is 12.6. The first-order chi connectivity index (χ1) is 12.3. The van der Waals surface area contributed by atoms with Crippen LogP contribution in [-0.2, 0) is 11.0 Å². The van der Waals surface area contributed by atoms with Crippen molar-refractivity contribution in [1.29, 1.82) is 0 Å². The van der Waals surface area contributed by atoms with Crippen molar-refractivity contribution in [2.24, 2.45) is 0 Å². The topological polar surface area (TPSA) is 128 Å². The number of nitrogen functional groups attached to an aromatic ring is 1. The minimum Gasteiger partial charge on any atom is -0.397 e. The fourth-order valence-electron chi connectivity index (χ4n) is 3.03. The highest BCUT2D eigenvalue weighted by atomic mass is 31.2. The number of aromatic amines is 1. The summed E-state index contributed by atoms with van der Waals surface area (Å²) >= 11 is 0. The monoisotopic (exact) mass is 373 g/mol. The molecule has 2 aromatic carbocycles. The van der Waals surface area contributed by atoms with Crippen molar-refractivity contribution in [3.63, 3.8) is 0 Å². The lowest BCUT2D eigenvalue weighted by Gasteiger charge is -2.11. The predicted molar refractivity (Wildman–Crippen MR) is 102 cm³/mol. The molecule has 7 nitrogen and oxygen atoms in total. The third-order valence-electron chi connectivity index (χ3n) is 4.21. The molecule has 0 saturated heterocycles. The molecule has 136 valence electrons. The van der Waals surface area contributed by atoms with Crippen molar-refractivity contribution in [2.45, 2.75) is 13.3 Å². The molecule has 0 aliphatic carbocycles. The molecule has 1 heterocycles. The number of amides is 1. The summed E-state index contributed by atoms with van der Waals surface area (Å²) in [6, 6.07) is 13.1. The van der Waals surface area contributed by atoms with Crippen molar-refractivity contribution >= 4 is 30.1 Å². The lowest BCUT2D eigenvalue weighted by Crippen LogP contribution is -2.25. The van der Waals surface area contributed by atoms with E-state index in [2.05, 4.69) is 10.3 Å². The predicted octanol–water partition coefficient (Wildman–Crippen LogP) is 2.84. The second-order valence-corrected chi connectivity index (χ2v) is 7.63. The molecule has 8 heteroatoms. The molecule has 1 amide bonds. The second-order valence-electron chi connectivity index (χ2n) is 5.98. The number of H-pyrrole nitrogens is 1. The summed E-state index contributed by atoms with van der Waals surface area (Å²) < 4.78 is 11.1. The Labute approximate surface area is 150 Å². The highest BCUT2D eigenvalue weighted by molar-refractivity contribution is 7.51. The molecule has 0 atom stereocenters. The number of hydrogen-bond acceptors (Lipinski definition) is 3. The van der Waals surface area contributed by atoms with E-state index in [9.17, 15) is 9.36 Å². The van der Waals surface area contributed by atoms with E-state index >= 15 is 0 Å². The minimum atomic E-state index is -4.36. The summed E-state index contributed by atoms with van der Waals surface area (Å²) in [6.45, 7) is 2.02. The molecule has 0 unspecified atom stereocenters. The number of benzene rings is 2. The first-order valence-corrected chi connectivity index (χ1v) is 9.92. The van der Waals surface area contributed by atoms with E-state index in [4.69, 9.17) is 15.5 Å². The number of para-hydroxylation sites is 1. The first-order valence-electron chi connectivity index (χ1n) is 8.13. The van der Waals surface area contributed by atoms with Gasteiger partial charge in [0.15, 0.2) is 0 Å².